The minimum Gasteiger partial charge on any atom is -0.359 e. The second-order valence-corrected chi connectivity index (χ2v) is 13.8. The monoisotopic (exact) mass is 629 g/mol. The number of benzene rings is 1. The molecule has 1 saturated carbocycles. The lowest BCUT2D eigenvalue weighted by molar-refractivity contribution is -0.141. The number of carbonyl (C=O) groups is 3. The maximum absolute atomic E-state index is 14.3. The van der Waals surface area contributed by atoms with Gasteiger partial charge in [0.05, 0.1) is 23.0 Å². The lowest BCUT2D eigenvalue weighted by Crippen LogP contribution is -2.58. The van der Waals surface area contributed by atoms with Gasteiger partial charge in [0.2, 0.25) is 17.7 Å². The first kappa shape index (κ1) is 31.5. The van der Waals surface area contributed by atoms with E-state index in [-0.39, 0.29) is 22.9 Å². The molecule has 8 atom stereocenters. The fourth-order valence-corrected chi connectivity index (χ4v) is 8.33. The van der Waals surface area contributed by atoms with E-state index in [9.17, 15) is 18.8 Å². The highest BCUT2D eigenvalue weighted by atomic mass is 35.5. The first-order valence-corrected chi connectivity index (χ1v) is 16.7. The van der Waals surface area contributed by atoms with Gasteiger partial charge in [-0.05, 0) is 56.0 Å². The maximum atomic E-state index is 14.3. The third kappa shape index (κ3) is 5.67. The van der Waals surface area contributed by atoms with Crippen LogP contribution in [0.25, 0.3) is 0 Å². The summed E-state index contributed by atoms with van der Waals surface area (Å²) in [4.78, 5) is 48.7. The third-order valence-corrected chi connectivity index (χ3v) is 11.2. The highest BCUT2D eigenvalue weighted by molar-refractivity contribution is 6.31. The summed E-state index contributed by atoms with van der Waals surface area (Å²) in [7, 11) is 0. The average Bonchev–Trinajstić information content (AvgIpc) is 3.65. The Hall–Kier alpha value is -2.53. The molecule has 4 fully saturated rings. The molecule has 6 rings (SSSR count). The fourth-order valence-electron chi connectivity index (χ4n) is 8.15. The molecule has 240 valence electrons. The summed E-state index contributed by atoms with van der Waals surface area (Å²) in [5.74, 6) is -2.26. The summed E-state index contributed by atoms with van der Waals surface area (Å²) < 4.78 is 20.2. The third-order valence-electron chi connectivity index (χ3n) is 10.9. The van der Waals surface area contributed by atoms with Crippen molar-refractivity contribution in [2.45, 2.75) is 70.2 Å². The van der Waals surface area contributed by atoms with Crippen molar-refractivity contribution >= 4 is 35.0 Å². The zero-order valence-electron chi connectivity index (χ0n) is 25.9. The number of rotatable bonds is 9. The molecule has 4 aliphatic heterocycles. The smallest absolute Gasteiger partial charge is 0.246 e. The number of likely N-dealkylation sites (N-methyl/N-ethyl adjacent to an activating group) is 1. The van der Waals surface area contributed by atoms with E-state index in [1.165, 1.54) is 18.2 Å². The number of carbonyl (C=O) groups excluding carboxylic acids is 3. The summed E-state index contributed by atoms with van der Waals surface area (Å²) >= 11 is 5.95. The molecule has 3 amide bonds. The van der Waals surface area contributed by atoms with Crippen LogP contribution >= 0.6 is 11.6 Å². The minimum absolute atomic E-state index is 0.0263. The van der Waals surface area contributed by atoms with Gasteiger partial charge in [0.1, 0.15) is 17.5 Å². The highest BCUT2D eigenvalue weighted by Crippen LogP contribution is 2.55. The number of fused-ring (bicyclic) bond motifs is 1. The molecule has 11 heteroatoms. The summed E-state index contributed by atoms with van der Waals surface area (Å²) in [5.41, 5.74) is -0.882. The normalized spacial score (nSPS) is 35.2. The first-order valence-electron chi connectivity index (χ1n) is 16.3. The Bertz CT molecular complexity index is 1300. The highest BCUT2D eigenvalue weighted by Gasteiger charge is 2.72. The molecular weight excluding hydrogens is 585 g/mol. The van der Waals surface area contributed by atoms with Crippen LogP contribution in [0, 0.1) is 29.5 Å². The number of hydrogen-bond donors (Lipinski definition) is 2. The number of anilines is 1. The summed E-state index contributed by atoms with van der Waals surface area (Å²) in [6.07, 6.45) is 6.84. The van der Waals surface area contributed by atoms with E-state index < -0.39 is 41.3 Å². The second-order valence-electron chi connectivity index (χ2n) is 13.4. The molecule has 4 heterocycles. The number of piperazine rings is 1. The molecule has 0 radical (unpaired) electrons. The van der Waals surface area contributed by atoms with Crippen LogP contribution < -0.4 is 10.6 Å². The molecule has 1 spiro atoms. The Morgan fingerprint density at radius 1 is 1.09 bits per heavy atom. The van der Waals surface area contributed by atoms with E-state index in [2.05, 4.69) is 41.2 Å². The molecule has 0 unspecified atom stereocenters. The van der Waals surface area contributed by atoms with Gasteiger partial charge in [-0.15, -0.1) is 0 Å². The van der Waals surface area contributed by atoms with Crippen molar-refractivity contribution in [1.82, 2.24) is 20.0 Å². The lowest BCUT2D eigenvalue weighted by Gasteiger charge is -2.38. The van der Waals surface area contributed by atoms with E-state index in [4.69, 9.17) is 16.3 Å². The van der Waals surface area contributed by atoms with Gasteiger partial charge in [-0.25, -0.2) is 4.39 Å². The first-order chi connectivity index (χ1) is 21.1. The van der Waals surface area contributed by atoms with E-state index in [0.717, 1.165) is 65.0 Å². The van der Waals surface area contributed by atoms with Crippen LogP contribution in [0.5, 0.6) is 0 Å². The Morgan fingerprint density at radius 2 is 1.84 bits per heavy atom. The number of halogens is 2. The van der Waals surface area contributed by atoms with Crippen LogP contribution in [0.4, 0.5) is 10.1 Å². The van der Waals surface area contributed by atoms with Gasteiger partial charge >= 0.3 is 0 Å². The predicted octanol–water partition coefficient (Wildman–Crippen LogP) is 3.54. The van der Waals surface area contributed by atoms with Gasteiger partial charge in [-0.1, -0.05) is 57.4 Å². The van der Waals surface area contributed by atoms with Crippen LogP contribution in [-0.2, 0) is 19.1 Å². The van der Waals surface area contributed by atoms with Gasteiger partial charge in [0.25, 0.3) is 0 Å². The SMILES string of the molecule is CCN1CCN(CCCN2C(=O)[C@@H]3[C@H](C(=O)Nc4ccc(F)c(Cl)c4)[C@@H]4C=C[C@@]3(O4)[C@@H]2C(=O)N[C@@H]2CCC[C@@H](C)[C@H]2C)CC1. The Morgan fingerprint density at radius 3 is 2.57 bits per heavy atom. The quantitative estimate of drug-likeness (QED) is 0.406. The van der Waals surface area contributed by atoms with Gasteiger partial charge in [-0.2, -0.15) is 0 Å². The standard InChI is InChI=1S/C33H45ClFN5O4/c1-4-38-15-17-39(18-16-38)13-6-14-40-29(31(42)37-25-8-5-7-20(2)21(25)3)33-12-11-26(44-33)27(28(33)32(40)43)30(41)36-22-9-10-24(35)23(34)19-22/h9-12,19-21,25-29H,4-8,13-18H2,1-3H3,(H,36,41)(H,37,42)/t20-,21-,25-,26+,27-,28+,29+,33+/m1/s1. The van der Waals surface area contributed by atoms with Crippen LogP contribution in [0.1, 0.15) is 46.5 Å². The summed E-state index contributed by atoms with van der Waals surface area (Å²) in [5, 5.41) is 6.02. The molecule has 9 nitrogen and oxygen atoms in total. The van der Waals surface area contributed by atoms with Gasteiger partial charge in [-0.3, -0.25) is 14.4 Å². The number of amides is 3. The zero-order chi connectivity index (χ0) is 31.2. The number of hydrogen-bond acceptors (Lipinski definition) is 6. The Kier molecular flexibility index (Phi) is 9.08. The van der Waals surface area contributed by atoms with E-state index >= 15 is 0 Å². The molecule has 0 aromatic heterocycles. The molecule has 5 aliphatic rings. The molecule has 2 bridgehead atoms. The molecule has 1 aliphatic carbocycles. The van der Waals surface area contributed by atoms with Crippen LogP contribution in [0.15, 0.2) is 30.4 Å². The second kappa shape index (κ2) is 12.7. The molecule has 1 aromatic carbocycles. The van der Waals surface area contributed by atoms with Gasteiger partial charge < -0.3 is 30.1 Å². The number of ether oxygens (including phenoxy) is 1. The van der Waals surface area contributed by atoms with Crippen LogP contribution in [0.3, 0.4) is 0 Å². The van der Waals surface area contributed by atoms with E-state index in [0.29, 0.717) is 24.1 Å². The van der Waals surface area contributed by atoms with Gasteiger partial charge in [0.15, 0.2) is 0 Å². The van der Waals surface area contributed by atoms with Crippen molar-refractivity contribution in [3.05, 3.63) is 41.2 Å². The zero-order valence-corrected chi connectivity index (χ0v) is 26.7. The van der Waals surface area contributed by atoms with Crippen molar-refractivity contribution in [3.8, 4) is 0 Å². The van der Waals surface area contributed by atoms with Crippen molar-refractivity contribution < 1.29 is 23.5 Å². The average molecular weight is 630 g/mol. The van der Waals surface area contributed by atoms with Gasteiger partial charge in [0, 0.05) is 44.5 Å². The lowest BCUT2D eigenvalue weighted by atomic mass is 9.73. The molecular formula is C33H45ClFN5O4. The fraction of sp³-hybridized carbons (Fsp3) is 0.667. The largest absolute Gasteiger partial charge is 0.359 e. The molecule has 1 aromatic rings. The Labute approximate surface area is 264 Å². The van der Waals surface area contributed by atoms with E-state index in [1.54, 1.807) is 4.90 Å². The number of likely N-dealkylation sites (tertiary alicyclic amines) is 1. The van der Waals surface area contributed by atoms with Crippen molar-refractivity contribution in [1.29, 1.82) is 0 Å². The number of nitrogens with zero attached hydrogens (tertiary/aromatic N) is 3. The van der Waals surface area contributed by atoms with E-state index in [1.807, 2.05) is 12.2 Å². The predicted molar refractivity (Wildman–Crippen MR) is 167 cm³/mol. The summed E-state index contributed by atoms with van der Waals surface area (Å²) in [6, 6.07) is 3.14. The summed E-state index contributed by atoms with van der Waals surface area (Å²) in [6.45, 7) is 12.9. The Balaban J connectivity index is 1.23. The maximum Gasteiger partial charge on any atom is 0.246 e. The number of nitrogens with one attached hydrogen (secondary N) is 2. The van der Waals surface area contributed by atoms with Crippen molar-refractivity contribution in [2.75, 3.05) is 51.1 Å². The van der Waals surface area contributed by atoms with Crippen molar-refractivity contribution in [2.24, 2.45) is 23.7 Å². The topological polar surface area (TPSA) is 94.2 Å². The molecule has 2 N–H and O–H groups in total. The van der Waals surface area contributed by atoms with Crippen molar-refractivity contribution in [3.63, 3.8) is 0 Å². The molecule has 3 saturated heterocycles. The van der Waals surface area contributed by atoms with Crippen LogP contribution in [0.2, 0.25) is 5.02 Å². The molecule has 44 heavy (non-hydrogen) atoms. The minimum atomic E-state index is -1.22. The van der Waals surface area contributed by atoms with Crippen LogP contribution in [-0.4, -0.2) is 102 Å².